The molecule has 172 valence electrons. The molecule has 1 amide bonds. The molecule has 0 aliphatic carbocycles. The molecule has 0 saturated carbocycles. The number of fused-ring (bicyclic) bond motifs is 1. The number of aromatic nitrogens is 2. The van der Waals surface area contributed by atoms with E-state index in [-0.39, 0.29) is 29.6 Å². The molecule has 9 nitrogen and oxygen atoms in total. The number of nitrogens with one attached hydrogen (secondary N) is 1. The van der Waals surface area contributed by atoms with E-state index in [0.29, 0.717) is 44.0 Å². The first kappa shape index (κ1) is 23.7. The fraction of sp³-hybridized carbons (Fsp3) is 0.375. The summed E-state index contributed by atoms with van der Waals surface area (Å²) in [6.45, 7) is 8.55. The highest BCUT2D eigenvalue weighted by Crippen LogP contribution is 2.26. The van der Waals surface area contributed by atoms with E-state index in [1.165, 1.54) is 16.6 Å². The molecule has 0 bridgehead atoms. The van der Waals surface area contributed by atoms with E-state index in [1.54, 1.807) is 19.2 Å². The largest absolute Gasteiger partial charge is 0.466 e. The van der Waals surface area contributed by atoms with Crippen molar-refractivity contribution in [1.29, 1.82) is 5.26 Å². The van der Waals surface area contributed by atoms with Crippen LogP contribution in [0.5, 0.6) is 0 Å². The Morgan fingerprint density at radius 3 is 2.94 bits per heavy atom. The lowest BCUT2D eigenvalue weighted by atomic mass is 9.97. The summed E-state index contributed by atoms with van der Waals surface area (Å²) in [6.07, 6.45) is 5.76. The third-order valence-corrected chi connectivity index (χ3v) is 5.47. The van der Waals surface area contributed by atoms with E-state index in [0.717, 1.165) is 5.56 Å². The van der Waals surface area contributed by atoms with Crippen LogP contribution in [0.1, 0.15) is 30.9 Å². The minimum absolute atomic E-state index is 0.118. The summed E-state index contributed by atoms with van der Waals surface area (Å²) >= 11 is 0. The lowest BCUT2D eigenvalue weighted by molar-refractivity contribution is -0.148. The molecule has 2 aromatic heterocycles. The van der Waals surface area contributed by atoms with Crippen molar-refractivity contribution in [2.45, 2.75) is 26.7 Å². The second-order valence-corrected chi connectivity index (χ2v) is 7.74. The van der Waals surface area contributed by atoms with Crippen molar-refractivity contribution in [3.8, 4) is 6.07 Å². The van der Waals surface area contributed by atoms with Crippen molar-refractivity contribution in [2.24, 2.45) is 5.92 Å². The van der Waals surface area contributed by atoms with Crippen molar-refractivity contribution in [3.05, 3.63) is 58.0 Å². The molecule has 1 aliphatic rings. The number of nitrogens with zero attached hydrogens (tertiary/aromatic N) is 4. The second kappa shape index (κ2) is 10.6. The normalized spacial score (nSPS) is 16.2. The van der Waals surface area contributed by atoms with Crippen LogP contribution in [0, 0.1) is 24.2 Å². The number of nitriles is 1. The van der Waals surface area contributed by atoms with Gasteiger partial charge in [-0.3, -0.25) is 18.8 Å². The van der Waals surface area contributed by atoms with Crippen LogP contribution in [0.4, 0.5) is 5.82 Å². The van der Waals surface area contributed by atoms with Crippen LogP contribution in [0.15, 0.2) is 41.4 Å². The molecule has 0 spiro atoms. The molecule has 1 saturated heterocycles. The minimum atomic E-state index is -0.611. The summed E-state index contributed by atoms with van der Waals surface area (Å²) in [5, 5.41) is 12.1. The molecule has 1 fully saturated rings. The van der Waals surface area contributed by atoms with Crippen molar-refractivity contribution < 1.29 is 14.3 Å². The van der Waals surface area contributed by atoms with E-state index >= 15 is 0 Å². The predicted octanol–water partition coefficient (Wildman–Crippen LogP) is 1.99. The first-order chi connectivity index (χ1) is 15.9. The summed E-state index contributed by atoms with van der Waals surface area (Å²) in [5.74, 6) is -0.902. The van der Waals surface area contributed by atoms with E-state index in [2.05, 4.69) is 11.9 Å². The highest BCUT2D eigenvalue weighted by molar-refractivity contribution is 6.02. The number of aryl methyl sites for hydroxylation is 1. The lowest BCUT2D eigenvalue weighted by Crippen LogP contribution is -2.41. The van der Waals surface area contributed by atoms with Crippen molar-refractivity contribution in [2.75, 3.05) is 31.1 Å². The predicted molar refractivity (Wildman–Crippen MR) is 125 cm³/mol. The summed E-state index contributed by atoms with van der Waals surface area (Å²) in [6, 6.07) is 5.45. The molecule has 9 heteroatoms. The molecule has 0 radical (unpaired) electrons. The molecule has 3 rings (SSSR count). The Kier molecular flexibility index (Phi) is 7.61. The summed E-state index contributed by atoms with van der Waals surface area (Å²) in [5.41, 5.74) is 0.773. The topological polar surface area (TPSA) is 117 Å². The van der Waals surface area contributed by atoms with Gasteiger partial charge in [-0.15, -0.1) is 6.58 Å². The Morgan fingerprint density at radius 2 is 2.24 bits per heavy atom. The highest BCUT2D eigenvalue weighted by atomic mass is 16.5. The molecule has 3 heterocycles. The van der Waals surface area contributed by atoms with Gasteiger partial charge >= 0.3 is 5.97 Å². The molecule has 1 atom stereocenters. The Bertz CT molecular complexity index is 1210. The number of hydrogen-bond acceptors (Lipinski definition) is 7. The fourth-order valence-corrected chi connectivity index (χ4v) is 3.84. The quantitative estimate of drug-likeness (QED) is 0.297. The SMILES string of the molecule is C=CCNC(=O)/C(C#N)=C/c1c(N2CCC[C@@H](C(=O)OCC)C2)nc2c(C)cccn2c1=O. The smallest absolute Gasteiger partial charge is 0.310 e. The number of pyridine rings is 1. The number of rotatable bonds is 7. The number of amides is 1. The molecule has 1 N–H and O–H groups in total. The monoisotopic (exact) mass is 449 g/mol. The number of esters is 1. The molecule has 0 unspecified atom stereocenters. The van der Waals surface area contributed by atoms with Crippen LogP contribution in [0.2, 0.25) is 0 Å². The van der Waals surface area contributed by atoms with Gasteiger partial charge in [-0.1, -0.05) is 12.1 Å². The average Bonchev–Trinajstić information content (AvgIpc) is 2.82. The van der Waals surface area contributed by atoms with E-state index in [9.17, 15) is 19.6 Å². The van der Waals surface area contributed by atoms with Crippen LogP contribution < -0.4 is 15.8 Å². The van der Waals surface area contributed by atoms with Gasteiger partial charge in [0.25, 0.3) is 11.5 Å². The number of carbonyl (C=O) groups is 2. The third-order valence-electron chi connectivity index (χ3n) is 5.47. The second-order valence-electron chi connectivity index (χ2n) is 7.74. The van der Waals surface area contributed by atoms with E-state index < -0.39 is 11.5 Å². The van der Waals surface area contributed by atoms with Gasteiger partial charge in [0.05, 0.1) is 18.1 Å². The molecule has 0 aromatic carbocycles. The Hall–Kier alpha value is -3.93. The molecule has 1 aliphatic heterocycles. The zero-order valence-electron chi connectivity index (χ0n) is 18.8. The third kappa shape index (κ3) is 5.12. The summed E-state index contributed by atoms with van der Waals surface area (Å²) in [4.78, 5) is 44.8. The lowest BCUT2D eigenvalue weighted by Gasteiger charge is -2.33. The fourth-order valence-electron chi connectivity index (χ4n) is 3.84. The van der Waals surface area contributed by atoms with Gasteiger partial charge in [-0.2, -0.15) is 5.26 Å². The van der Waals surface area contributed by atoms with Gasteiger partial charge in [0, 0.05) is 25.8 Å². The number of ether oxygens (including phenoxy) is 1. The Morgan fingerprint density at radius 1 is 1.45 bits per heavy atom. The number of piperidine rings is 1. The van der Waals surface area contributed by atoms with Crippen molar-refractivity contribution in [1.82, 2.24) is 14.7 Å². The summed E-state index contributed by atoms with van der Waals surface area (Å²) in [7, 11) is 0. The van der Waals surface area contributed by atoms with Crippen LogP contribution in [-0.2, 0) is 14.3 Å². The molecular weight excluding hydrogens is 422 g/mol. The Labute approximate surface area is 192 Å². The maximum Gasteiger partial charge on any atom is 0.310 e. The standard InChI is InChI=1S/C24H27N5O4/c1-4-10-26-22(30)18(14-25)13-19-21(27-20-16(3)8-6-12-29(20)23(19)31)28-11-7-9-17(15-28)24(32)33-5-2/h4,6,8,12-13,17H,1,5,7,9-11,15H2,2-3H3,(H,26,30)/b18-13+/t17-/m1/s1. The van der Waals surface area contributed by atoms with Gasteiger partial charge in [-0.25, -0.2) is 4.98 Å². The molecular formula is C24H27N5O4. The molecule has 33 heavy (non-hydrogen) atoms. The van der Waals surface area contributed by atoms with Crippen molar-refractivity contribution in [3.63, 3.8) is 0 Å². The van der Waals surface area contributed by atoms with Gasteiger partial charge in [0.15, 0.2) is 0 Å². The maximum absolute atomic E-state index is 13.5. The van der Waals surface area contributed by atoms with Gasteiger partial charge in [-0.05, 0) is 44.4 Å². The van der Waals surface area contributed by atoms with E-state index in [4.69, 9.17) is 9.72 Å². The van der Waals surface area contributed by atoms with E-state index in [1.807, 2.05) is 24.0 Å². The number of hydrogen-bond donors (Lipinski definition) is 1. The van der Waals surface area contributed by atoms with Crippen LogP contribution in [-0.4, -0.2) is 47.5 Å². The first-order valence-corrected chi connectivity index (χ1v) is 10.9. The van der Waals surface area contributed by atoms with Crippen molar-refractivity contribution >= 4 is 29.4 Å². The average molecular weight is 450 g/mol. The van der Waals surface area contributed by atoms with Crippen LogP contribution >= 0.6 is 0 Å². The minimum Gasteiger partial charge on any atom is -0.466 e. The van der Waals surface area contributed by atoms with Gasteiger partial charge in [0.2, 0.25) is 0 Å². The maximum atomic E-state index is 13.5. The Balaban J connectivity index is 2.16. The number of anilines is 1. The van der Waals surface area contributed by atoms with Crippen LogP contribution in [0.25, 0.3) is 11.7 Å². The molecule has 2 aromatic rings. The zero-order chi connectivity index (χ0) is 24.0. The summed E-state index contributed by atoms with van der Waals surface area (Å²) < 4.78 is 6.59. The van der Waals surface area contributed by atoms with Crippen LogP contribution in [0.3, 0.4) is 0 Å². The van der Waals surface area contributed by atoms with Gasteiger partial charge < -0.3 is 15.0 Å². The first-order valence-electron chi connectivity index (χ1n) is 10.9. The number of carbonyl (C=O) groups excluding carboxylic acids is 2. The highest BCUT2D eigenvalue weighted by Gasteiger charge is 2.30. The zero-order valence-corrected chi connectivity index (χ0v) is 18.8. The van der Waals surface area contributed by atoms with Gasteiger partial charge in [0.1, 0.15) is 23.1 Å².